The minimum Gasteiger partial charge on any atom is -0.497 e. The summed E-state index contributed by atoms with van der Waals surface area (Å²) in [5.41, 5.74) is 7.74. The van der Waals surface area contributed by atoms with E-state index in [4.69, 9.17) is 10.5 Å². The number of nitrogens with two attached hydrogens (primary N) is 1. The minimum atomic E-state index is -0.620. The average molecular weight is 434 g/mol. The second kappa shape index (κ2) is 9.57. The number of rotatable bonds is 8. The summed E-state index contributed by atoms with van der Waals surface area (Å²) in [6.45, 7) is 2.23. The van der Waals surface area contributed by atoms with Crippen LogP contribution < -0.4 is 32.0 Å². The predicted molar refractivity (Wildman–Crippen MR) is 130 cm³/mol. The molecule has 1 aliphatic rings. The van der Waals surface area contributed by atoms with Gasteiger partial charge in [0.25, 0.3) is 10.9 Å². The van der Waals surface area contributed by atoms with Crippen LogP contribution in [0.25, 0.3) is 0 Å². The molecule has 4 N–H and O–H groups in total. The third-order valence-corrected chi connectivity index (χ3v) is 6.54. The zero-order valence-corrected chi connectivity index (χ0v) is 18.7. The summed E-state index contributed by atoms with van der Waals surface area (Å²) in [6, 6.07) is 16.9. The van der Waals surface area contributed by atoms with Gasteiger partial charge >= 0.3 is 0 Å². The number of hydrogen-bond acceptors (Lipinski definition) is 6. The van der Waals surface area contributed by atoms with Gasteiger partial charge < -0.3 is 21.1 Å². The topological polar surface area (TPSA) is 93.4 Å². The van der Waals surface area contributed by atoms with Crippen molar-refractivity contribution < 1.29 is 4.74 Å². The van der Waals surface area contributed by atoms with E-state index in [2.05, 4.69) is 35.8 Å². The molecule has 3 aromatic rings. The summed E-state index contributed by atoms with van der Waals surface area (Å²) in [5.74, 6) is 0.931. The molecule has 0 amide bonds. The maximum atomic E-state index is 11.8. The van der Waals surface area contributed by atoms with Gasteiger partial charge in [-0.2, -0.15) is 0 Å². The van der Waals surface area contributed by atoms with Gasteiger partial charge in [-0.25, -0.2) is 0 Å². The fourth-order valence-electron chi connectivity index (χ4n) is 4.81. The highest BCUT2D eigenvalue weighted by Crippen LogP contribution is 2.33. The molecule has 168 valence electrons. The smallest absolute Gasteiger partial charge is 0.253 e. The number of anilines is 3. The largest absolute Gasteiger partial charge is 0.497 e. The highest BCUT2D eigenvalue weighted by atomic mass is 16.5. The molecular formula is C26H31N3O3. The summed E-state index contributed by atoms with van der Waals surface area (Å²) in [5, 5.41) is 6.90. The normalized spacial score (nSPS) is 16.6. The average Bonchev–Trinajstić information content (AvgIpc) is 2.83. The highest BCUT2D eigenvalue weighted by Gasteiger charge is 2.25. The number of nitrogen functional groups attached to an aromatic ring is 1. The first-order chi connectivity index (χ1) is 15.5. The van der Waals surface area contributed by atoms with E-state index in [1.165, 1.54) is 37.7 Å². The van der Waals surface area contributed by atoms with E-state index in [-0.39, 0.29) is 23.3 Å². The molecule has 0 saturated heterocycles. The number of hydrogen-bond donors (Lipinski definition) is 3. The van der Waals surface area contributed by atoms with Gasteiger partial charge in [0.15, 0.2) is 0 Å². The number of benzene rings is 2. The molecular weight excluding hydrogens is 402 g/mol. The lowest BCUT2D eigenvalue weighted by molar-refractivity contribution is 0.332. The van der Waals surface area contributed by atoms with Crippen LogP contribution in [0, 0.1) is 0 Å². The molecule has 0 radical (unpaired) electrons. The maximum Gasteiger partial charge on any atom is 0.253 e. The van der Waals surface area contributed by atoms with E-state index >= 15 is 0 Å². The third kappa shape index (κ3) is 4.55. The monoisotopic (exact) mass is 433 g/mol. The van der Waals surface area contributed by atoms with Gasteiger partial charge in [-0.15, -0.1) is 0 Å². The first kappa shape index (κ1) is 22.1. The fourth-order valence-corrected chi connectivity index (χ4v) is 4.81. The van der Waals surface area contributed by atoms with E-state index in [9.17, 15) is 9.59 Å². The van der Waals surface area contributed by atoms with Crippen molar-refractivity contribution in [1.82, 2.24) is 5.32 Å². The van der Waals surface area contributed by atoms with Crippen LogP contribution in [0.1, 0.15) is 56.1 Å². The van der Waals surface area contributed by atoms with E-state index < -0.39 is 10.9 Å². The van der Waals surface area contributed by atoms with E-state index in [0.29, 0.717) is 6.04 Å². The van der Waals surface area contributed by atoms with Crippen LogP contribution in [-0.4, -0.2) is 19.2 Å². The van der Waals surface area contributed by atoms with Crippen molar-refractivity contribution in [2.45, 2.75) is 57.0 Å². The second-order valence-corrected chi connectivity index (χ2v) is 8.74. The van der Waals surface area contributed by atoms with Crippen LogP contribution in [0.15, 0.2) is 58.1 Å². The van der Waals surface area contributed by atoms with Gasteiger partial charge in [0.2, 0.25) is 0 Å². The molecule has 1 unspecified atom stereocenters. The standard InChI is InChI=1S/C26H31N3O3/c1-16(28-19-8-4-3-5-9-19)22(17-11-13-21(32-2)14-12-17)18-7-6-10-20(15-18)29-24-23(27)25(30)26(24)31/h6-7,10-16,19,22,28-29H,3-5,8-9,27H2,1-2H3/t16-,22?/m1/s1. The summed E-state index contributed by atoms with van der Waals surface area (Å²) in [4.78, 5) is 23.3. The maximum absolute atomic E-state index is 11.8. The number of ether oxygens (including phenoxy) is 1. The van der Waals surface area contributed by atoms with Crippen molar-refractivity contribution in [3.05, 3.63) is 80.1 Å². The van der Waals surface area contributed by atoms with Gasteiger partial charge in [-0.1, -0.05) is 43.5 Å². The van der Waals surface area contributed by atoms with Crippen molar-refractivity contribution >= 4 is 17.1 Å². The summed E-state index contributed by atoms with van der Waals surface area (Å²) < 4.78 is 5.35. The Morgan fingerprint density at radius 2 is 1.69 bits per heavy atom. The molecule has 6 nitrogen and oxygen atoms in total. The first-order valence-electron chi connectivity index (χ1n) is 11.3. The Labute approximate surface area is 188 Å². The Morgan fingerprint density at radius 1 is 0.969 bits per heavy atom. The molecule has 4 rings (SSSR count). The van der Waals surface area contributed by atoms with E-state index in [1.807, 2.05) is 30.3 Å². The quantitative estimate of drug-likeness (QED) is 0.464. The molecule has 1 aliphatic carbocycles. The Morgan fingerprint density at radius 3 is 2.34 bits per heavy atom. The van der Waals surface area contributed by atoms with Crippen LogP contribution in [0.4, 0.5) is 17.1 Å². The van der Waals surface area contributed by atoms with E-state index in [0.717, 1.165) is 17.0 Å². The second-order valence-electron chi connectivity index (χ2n) is 8.74. The minimum absolute atomic E-state index is 0.000518. The zero-order chi connectivity index (χ0) is 22.7. The fraction of sp³-hybridized carbons (Fsp3) is 0.385. The molecule has 3 aromatic carbocycles. The zero-order valence-electron chi connectivity index (χ0n) is 18.7. The third-order valence-electron chi connectivity index (χ3n) is 6.54. The van der Waals surface area contributed by atoms with Gasteiger partial charge in [-0.05, 0) is 55.2 Å². The summed E-state index contributed by atoms with van der Waals surface area (Å²) in [6.07, 6.45) is 6.30. The first-order valence-corrected chi connectivity index (χ1v) is 11.3. The van der Waals surface area contributed by atoms with Crippen LogP contribution >= 0.6 is 0 Å². The molecule has 1 fully saturated rings. The van der Waals surface area contributed by atoms with Crippen molar-refractivity contribution in [3.63, 3.8) is 0 Å². The number of methoxy groups -OCH3 is 1. The van der Waals surface area contributed by atoms with Crippen molar-refractivity contribution in [2.24, 2.45) is 0 Å². The molecule has 0 aliphatic heterocycles. The Kier molecular flexibility index (Phi) is 6.61. The van der Waals surface area contributed by atoms with Crippen molar-refractivity contribution in [1.29, 1.82) is 0 Å². The van der Waals surface area contributed by atoms with Crippen molar-refractivity contribution in [2.75, 3.05) is 18.2 Å². The van der Waals surface area contributed by atoms with Crippen LogP contribution in [0.2, 0.25) is 0 Å². The SMILES string of the molecule is COc1ccc(C(c2cccc(Nc3c(N)c(=O)c3=O)c2)[C@@H](C)NC2CCCCC2)cc1. The van der Waals surface area contributed by atoms with Crippen LogP contribution in [0.5, 0.6) is 5.75 Å². The molecule has 0 bridgehead atoms. The molecule has 0 spiro atoms. The predicted octanol–water partition coefficient (Wildman–Crippen LogP) is 4.06. The van der Waals surface area contributed by atoms with Gasteiger partial charge in [0.1, 0.15) is 17.1 Å². The van der Waals surface area contributed by atoms with Gasteiger partial charge in [0, 0.05) is 23.7 Å². The molecule has 1 saturated carbocycles. The molecule has 2 atom stereocenters. The van der Waals surface area contributed by atoms with Gasteiger partial charge in [-0.3, -0.25) is 9.59 Å². The van der Waals surface area contributed by atoms with E-state index in [1.54, 1.807) is 7.11 Å². The van der Waals surface area contributed by atoms with Crippen LogP contribution in [0.3, 0.4) is 0 Å². The lowest BCUT2D eigenvalue weighted by atomic mass is 9.84. The number of nitrogens with one attached hydrogen (secondary N) is 2. The summed E-state index contributed by atoms with van der Waals surface area (Å²) >= 11 is 0. The van der Waals surface area contributed by atoms with Gasteiger partial charge in [0.05, 0.1) is 7.11 Å². The Bertz CT molecular complexity index is 1130. The molecule has 0 heterocycles. The highest BCUT2D eigenvalue weighted by molar-refractivity contribution is 5.76. The summed E-state index contributed by atoms with van der Waals surface area (Å²) in [7, 11) is 1.67. The Hall–Kier alpha value is -3.12. The lowest BCUT2D eigenvalue weighted by Crippen LogP contribution is -2.41. The van der Waals surface area contributed by atoms with Crippen molar-refractivity contribution in [3.8, 4) is 5.75 Å². The molecule has 32 heavy (non-hydrogen) atoms. The molecule has 6 heteroatoms. The lowest BCUT2D eigenvalue weighted by Gasteiger charge is -2.32. The molecule has 0 aromatic heterocycles. The Balaban J connectivity index is 1.64. The van der Waals surface area contributed by atoms with Crippen LogP contribution in [-0.2, 0) is 0 Å².